The molecule has 4 rings (SSSR count). The molecule has 3 saturated carbocycles. The second kappa shape index (κ2) is 9.40. The van der Waals surface area contributed by atoms with Gasteiger partial charge in [-0.3, -0.25) is 23.6 Å². The monoisotopic (exact) mass is 522 g/mol. The summed E-state index contributed by atoms with van der Waals surface area (Å²) < 4.78 is 43.7. The summed E-state index contributed by atoms with van der Waals surface area (Å²) in [7, 11) is 0. The Hall–Kier alpha value is -2.42. The van der Waals surface area contributed by atoms with E-state index in [9.17, 15) is 24.3 Å². The summed E-state index contributed by atoms with van der Waals surface area (Å²) in [4.78, 5) is 50.3. The van der Waals surface area contributed by atoms with Crippen molar-refractivity contribution < 1.29 is 42.5 Å². The second-order valence-corrected chi connectivity index (χ2v) is 11.3. The van der Waals surface area contributed by atoms with E-state index in [0.717, 1.165) is 0 Å². The number of aliphatic hydroxyl groups is 1. The lowest BCUT2D eigenvalue weighted by Crippen LogP contribution is -2.71. The normalized spacial score (nSPS) is 42.2. The first-order valence-electron chi connectivity index (χ1n) is 13.2. The predicted octanol–water partition coefficient (Wildman–Crippen LogP) is 3.77. The van der Waals surface area contributed by atoms with Crippen LogP contribution >= 0.6 is 0 Å². The number of hydrogen-bond donors (Lipinski definition) is 1. The second-order valence-electron chi connectivity index (χ2n) is 11.3. The van der Waals surface area contributed by atoms with Crippen LogP contribution < -0.4 is 0 Å². The molecule has 7 nitrogen and oxygen atoms in total. The molecule has 0 aromatic heterocycles. The van der Waals surface area contributed by atoms with E-state index >= 15 is 8.78 Å². The number of ether oxygens (including phenoxy) is 2. The van der Waals surface area contributed by atoms with Crippen molar-refractivity contribution in [2.75, 3.05) is 13.3 Å². The molecule has 0 aliphatic heterocycles. The standard InChI is InChI=1S/C28H36F2O7/c1-5-23(34)36-14-22(33)28(37-24(35)6-2)16(3)11-20-19-8-7-17-12-18(31)9-10-25(17,4)27(19,30)21(32)13-26(20,28)15-29/h9-10,12,16,19-21,32H,5-8,11,13-15H2,1-4H3/t16-,19-,20-,21-,25-,26+,27?,28-/m0/s1. The number of Topliss-reactive ketones (excluding diaryl/α,β-unsaturated/α-hetero) is 1. The zero-order chi connectivity index (χ0) is 27.4. The summed E-state index contributed by atoms with van der Waals surface area (Å²) in [5.74, 6) is -4.66. The van der Waals surface area contributed by atoms with E-state index in [0.29, 0.717) is 12.0 Å². The van der Waals surface area contributed by atoms with Crippen LogP contribution in [0.25, 0.3) is 0 Å². The van der Waals surface area contributed by atoms with E-state index in [4.69, 9.17) is 9.47 Å². The molecule has 0 heterocycles. The first kappa shape index (κ1) is 27.6. The van der Waals surface area contributed by atoms with E-state index in [-0.39, 0.29) is 31.5 Å². The predicted molar refractivity (Wildman–Crippen MR) is 129 cm³/mol. The Balaban J connectivity index is 1.84. The van der Waals surface area contributed by atoms with Gasteiger partial charge in [0.1, 0.15) is 0 Å². The molecule has 204 valence electrons. The minimum atomic E-state index is -2.22. The van der Waals surface area contributed by atoms with Crippen LogP contribution in [0.5, 0.6) is 0 Å². The highest BCUT2D eigenvalue weighted by atomic mass is 19.1. The molecule has 1 N–H and O–H groups in total. The van der Waals surface area contributed by atoms with E-state index < -0.39 is 83.4 Å². The SMILES string of the molecule is CCC(=O)OCC(=O)[C@@]1(OC(=O)CC)[C@@H](C)C[C@H]2[C@@H]3CCC4=CC(=O)C=C[C@]4(C)C3(F)[C@@H](O)C[C@@]21CF. The van der Waals surface area contributed by atoms with Crippen LogP contribution in [-0.4, -0.2) is 59.3 Å². The van der Waals surface area contributed by atoms with Gasteiger partial charge in [-0.2, -0.15) is 0 Å². The molecule has 0 saturated heterocycles. The lowest BCUT2D eigenvalue weighted by molar-refractivity contribution is -0.236. The van der Waals surface area contributed by atoms with Gasteiger partial charge in [-0.25, -0.2) is 4.39 Å². The van der Waals surface area contributed by atoms with Crippen LogP contribution in [0.3, 0.4) is 0 Å². The number of fused-ring (bicyclic) bond motifs is 5. The molecular weight excluding hydrogens is 486 g/mol. The smallest absolute Gasteiger partial charge is 0.306 e. The molecule has 0 radical (unpaired) electrons. The number of allylic oxidation sites excluding steroid dienone is 4. The summed E-state index contributed by atoms with van der Waals surface area (Å²) in [5.41, 5.74) is -6.63. The fraction of sp³-hybridized carbons (Fsp3) is 0.714. The number of halogens is 2. The fourth-order valence-corrected chi connectivity index (χ4v) is 7.98. The number of esters is 2. The number of aliphatic hydroxyl groups excluding tert-OH is 1. The number of alkyl halides is 2. The molecule has 3 fully saturated rings. The molecule has 0 bridgehead atoms. The third-order valence-corrected chi connectivity index (χ3v) is 9.77. The third kappa shape index (κ3) is 3.59. The molecule has 1 unspecified atom stereocenters. The molecule has 0 spiro atoms. The number of hydrogen-bond acceptors (Lipinski definition) is 7. The molecule has 9 heteroatoms. The Bertz CT molecular complexity index is 1070. The van der Waals surface area contributed by atoms with E-state index in [1.165, 1.54) is 18.2 Å². The van der Waals surface area contributed by atoms with Gasteiger partial charge in [-0.15, -0.1) is 0 Å². The lowest BCUT2D eigenvalue weighted by Gasteiger charge is -2.62. The van der Waals surface area contributed by atoms with Crippen molar-refractivity contribution in [3.05, 3.63) is 23.8 Å². The molecule has 37 heavy (non-hydrogen) atoms. The van der Waals surface area contributed by atoms with E-state index in [2.05, 4.69) is 0 Å². The first-order chi connectivity index (χ1) is 17.4. The molecule has 0 aromatic carbocycles. The zero-order valence-corrected chi connectivity index (χ0v) is 21.9. The summed E-state index contributed by atoms with van der Waals surface area (Å²) in [6, 6.07) is 0. The molecular formula is C28H36F2O7. The quantitative estimate of drug-likeness (QED) is 0.507. The number of carbonyl (C=O) groups excluding carboxylic acids is 4. The molecule has 8 atom stereocenters. The van der Waals surface area contributed by atoms with Crippen LogP contribution in [-0.2, 0) is 28.7 Å². The molecule has 4 aliphatic rings. The lowest BCUT2D eigenvalue weighted by atomic mass is 9.44. The van der Waals surface area contributed by atoms with Gasteiger partial charge in [0.15, 0.2) is 23.7 Å². The van der Waals surface area contributed by atoms with E-state index in [1.54, 1.807) is 27.7 Å². The van der Waals surface area contributed by atoms with Crippen molar-refractivity contribution in [2.24, 2.45) is 28.6 Å². The Morgan fingerprint density at radius 1 is 1.16 bits per heavy atom. The highest BCUT2D eigenvalue weighted by molar-refractivity contribution is 6.01. The van der Waals surface area contributed by atoms with Gasteiger partial charge < -0.3 is 14.6 Å². The number of carbonyl (C=O) groups is 4. The van der Waals surface area contributed by atoms with Crippen molar-refractivity contribution in [1.82, 2.24) is 0 Å². The van der Waals surface area contributed by atoms with Crippen LogP contribution in [0.4, 0.5) is 8.78 Å². The van der Waals surface area contributed by atoms with Crippen LogP contribution in [0.15, 0.2) is 23.8 Å². The van der Waals surface area contributed by atoms with Gasteiger partial charge in [-0.1, -0.05) is 32.4 Å². The van der Waals surface area contributed by atoms with Crippen LogP contribution in [0.1, 0.15) is 66.2 Å². The third-order valence-electron chi connectivity index (χ3n) is 9.77. The molecule has 0 amide bonds. The van der Waals surface area contributed by atoms with E-state index in [1.807, 2.05) is 0 Å². The minimum absolute atomic E-state index is 0.0249. The van der Waals surface area contributed by atoms with Crippen LogP contribution in [0.2, 0.25) is 0 Å². The number of ketones is 2. The highest BCUT2D eigenvalue weighted by Gasteiger charge is 2.78. The summed E-state index contributed by atoms with van der Waals surface area (Å²) in [5, 5.41) is 11.5. The Labute approximate surface area is 215 Å². The fourth-order valence-electron chi connectivity index (χ4n) is 7.98. The van der Waals surface area contributed by atoms with Crippen molar-refractivity contribution in [3.8, 4) is 0 Å². The van der Waals surface area contributed by atoms with Gasteiger partial charge in [0, 0.05) is 30.1 Å². The number of rotatable bonds is 7. The highest BCUT2D eigenvalue weighted by Crippen LogP contribution is 2.71. The minimum Gasteiger partial charge on any atom is -0.457 e. The van der Waals surface area contributed by atoms with Gasteiger partial charge >= 0.3 is 11.9 Å². The van der Waals surface area contributed by atoms with Crippen molar-refractivity contribution in [1.29, 1.82) is 0 Å². The van der Waals surface area contributed by atoms with Gasteiger partial charge in [0.05, 0.1) is 18.2 Å². The Morgan fingerprint density at radius 3 is 2.46 bits per heavy atom. The average molecular weight is 523 g/mol. The average Bonchev–Trinajstić information content (AvgIpc) is 3.11. The Kier molecular flexibility index (Phi) is 7.01. The summed E-state index contributed by atoms with van der Waals surface area (Å²) >= 11 is 0. The maximum atomic E-state index is 17.4. The zero-order valence-electron chi connectivity index (χ0n) is 21.9. The largest absolute Gasteiger partial charge is 0.457 e. The maximum Gasteiger partial charge on any atom is 0.306 e. The topological polar surface area (TPSA) is 107 Å². The van der Waals surface area contributed by atoms with Gasteiger partial charge in [0.2, 0.25) is 5.78 Å². The Morgan fingerprint density at radius 2 is 1.84 bits per heavy atom. The van der Waals surface area contributed by atoms with Crippen molar-refractivity contribution in [3.63, 3.8) is 0 Å². The molecule has 4 aliphatic carbocycles. The van der Waals surface area contributed by atoms with Gasteiger partial charge in [-0.05, 0) is 50.7 Å². The molecule has 0 aromatic rings. The first-order valence-corrected chi connectivity index (χ1v) is 13.2. The van der Waals surface area contributed by atoms with Crippen molar-refractivity contribution in [2.45, 2.75) is 83.6 Å². The summed E-state index contributed by atoms with van der Waals surface area (Å²) in [6.45, 7) is 4.60. The van der Waals surface area contributed by atoms with Crippen LogP contribution in [0, 0.1) is 28.6 Å². The van der Waals surface area contributed by atoms with Crippen molar-refractivity contribution >= 4 is 23.5 Å². The maximum absolute atomic E-state index is 17.4. The van der Waals surface area contributed by atoms with Gasteiger partial charge in [0.25, 0.3) is 0 Å². The summed E-state index contributed by atoms with van der Waals surface area (Å²) in [6.07, 6.45) is 2.82.